The first-order chi connectivity index (χ1) is 5.24. The van der Waals surface area contributed by atoms with E-state index in [9.17, 15) is 0 Å². The minimum Gasteiger partial charge on any atom is -0.492 e. The Hall–Kier alpha value is -1.49. The van der Waals surface area contributed by atoms with Crippen molar-refractivity contribution in [1.29, 1.82) is 0 Å². The molecule has 0 fully saturated rings. The summed E-state index contributed by atoms with van der Waals surface area (Å²) in [7, 11) is 0. The normalized spacial score (nSPS) is 11.0. The Morgan fingerprint density at radius 2 is 2.36 bits per heavy atom. The molecular formula is C6H10N4O. The molecule has 0 aliphatic rings. The summed E-state index contributed by atoms with van der Waals surface area (Å²) in [5, 5.41) is 9.04. The molecule has 5 heteroatoms. The van der Waals surface area contributed by atoms with Crippen LogP contribution in [0.1, 0.15) is 5.69 Å². The third-order valence-electron chi connectivity index (χ3n) is 1.15. The van der Waals surface area contributed by atoms with Crippen LogP contribution >= 0.6 is 0 Å². The maximum absolute atomic E-state index is 9.04. The van der Waals surface area contributed by atoms with E-state index < -0.39 is 0 Å². The van der Waals surface area contributed by atoms with Gasteiger partial charge in [0.2, 0.25) is 11.8 Å². The molecule has 1 heterocycles. The summed E-state index contributed by atoms with van der Waals surface area (Å²) in [6.45, 7) is 0.415. The van der Waals surface area contributed by atoms with Crippen molar-refractivity contribution in [1.82, 2.24) is 9.97 Å². The molecule has 0 unspecified atom stereocenters. The zero-order chi connectivity index (χ0) is 8.27. The second-order valence-electron chi connectivity index (χ2n) is 2.00. The van der Waals surface area contributed by atoms with Crippen molar-refractivity contribution in [2.75, 3.05) is 12.3 Å². The number of imidazole rings is 1. The van der Waals surface area contributed by atoms with Crippen molar-refractivity contribution < 1.29 is 5.11 Å². The fourth-order valence-electron chi connectivity index (χ4n) is 0.698. The minimum absolute atomic E-state index is 0.104. The van der Waals surface area contributed by atoms with E-state index in [1.54, 1.807) is 12.2 Å². The van der Waals surface area contributed by atoms with Gasteiger partial charge in [-0.3, -0.25) is 0 Å². The van der Waals surface area contributed by atoms with Crippen molar-refractivity contribution in [3.63, 3.8) is 0 Å². The van der Waals surface area contributed by atoms with Gasteiger partial charge in [-0.15, -0.1) is 0 Å². The first-order valence-electron chi connectivity index (χ1n) is 3.15. The monoisotopic (exact) mass is 154 g/mol. The van der Waals surface area contributed by atoms with Crippen molar-refractivity contribution in [2.45, 2.75) is 0 Å². The van der Waals surface area contributed by atoms with Crippen molar-refractivity contribution in [2.24, 2.45) is 5.73 Å². The van der Waals surface area contributed by atoms with Crippen LogP contribution in [0.5, 0.6) is 5.88 Å². The van der Waals surface area contributed by atoms with Gasteiger partial charge in [0.15, 0.2) is 0 Å². The molecule has 0 atom stereocenters. The molecule has 11 heavy (non-hydrogen) atoms. The Morgan fingerprint density at radius 1 is 1.64 bits per heavy atom. The van der Waals surface area contributed by atoms with Gasteiger partial charge < -0.3 is 21.6 Å². The quantitative estimate of drug-likeness (QED) is 0.468. The van der Waals surface area contributed by atoms with Gasteiger partial charge in [0, 0.05) is 6.54 Å². The SMILES string of the molecule is NCC=Cc1[nH]c(N)nc1O. The Kier molecular flexibility index (Phi) is 2.12. The molecule has 0 aromatic carbocycles. The van der Waals surface area contributed by atoms with Crippen LogP contribution in [0.15, 0.2) is 6.08 Å². The Morgan fingerprint density at radius 3 is 2.82 bits per heavy atom. The number of aromatic nitrogens is 2. The van der Waals surface area contributed by atoms with Gasteiger partial charge in [0.05, 0.1) is 0 Å². The zero-order valence-electron chi connectivity index (χ0n) is 5.91. The minimum atomic E-state index is -0.104. The molecule has 0 spiro atoms. The fourth-order valence-corrected chi connectivity index (χ4v) is 0.698. The molecule has 1 aromatic heterocycles. The number of rotatable bonds is 2. The van der Waals surface area contributed by atoms with Crippen molar-refractivity contribution in [3.05, 3.63) is 11.8 Å². The smallest absolute Gasteiger partial charge is 0.238 e. The molecule has 0 bridgehead atoms. The van der Waals surface area contributed by atoms with E-state index in [1.165, 1.54) is 0 Å². The van der Waals surface area contributed by atoms with E-state index >= 15 is 0 Å². The largest absolute Gasteiger partial charge is 0.492 e. The molecule has 5 nitrogen and oxygen atoms in total. The number of nitrogen functional groups attached to an aromatic ring is 1. The van der Waals surface area contributed by atoms with Gasteiger partial charge in [0.1, 0.15) is 5.69 Å². The number of hydrogen-bond donors (Lipinski definition) is 4. The number of nitrogens with two attached hydrogens (primary N) is 2. The van der Waals surface area contributed by atoms with E-state index in [4.69, 9.17) is 16.6 Å². The van der Waals surface area contributed by atoms with Gasteiger partial charge in [-0.25, -0.2) is 0 Å². The fraction of sp³-hybridized carbons (Fsp3) is 0.167. The van der Waals surface area contributed by atoms with Crippen LogP contribution in [-0.2, 0) is 0 Å². The lowest BCUT2D eigenvalue weighted by Crippen LogP contribution is -1.92. The molecule has 0 aliphatic heterocycles. The average molecular weight is 154 g/mol. The van der Waals surface area contributed by atoms with Crippen LogP contribution in [0.4, 0.5) is 5.95 Å². The molecule has 0 saturated heterocycles. The summed E-state index contributed by atoms with van der Waals surface area (Å²) in [4.78, 5) is 6.20. The number of H-pyrrole nitrogens is 1. The predicted molar refractivity (Wildman–Crippen MR) is 42.8 cm³/mol. The predicted octanol–water partition coefficient (Wildman–Crippen LogP) is -0.331. The van der Waals surface area contributed by atoms with Crippen LogP contribution in [-0.4, -0.2) is 21.6 Å². The van der Waals surface area contributed by atoms with Gasteiger partial charge >= 0.3 is 0 Å². The van der Waals surface area contributed by atoms with E-state index in [-0.39, 0.29) is 11.8 Å². The van der Waals surface area contributed by atoms with Gasteiger partial charge in [-0.1, -0.05) is 6.08 Å². The highest BCUT2D eigenvalue weighted by atomic mass is 16.3. The molecule has 60 valence electrons. The summed E-state index contributed by atoms with van der Waals surface area (Å²) in [5.41, 5.74) is 10.9. The molecule has 0 amide bonds. The standard InChI is InChI=1S/C6H10N4O/c7-3-1-2-4-5(11)10-6(8)9-4/h1-2,11H,3,7H2,(H3,8,9,10). The lowest BCUT2D eigenvalue weighted by Gasteiger charge is -1.84. The van der Waals surface area contributed by atoms with Gasteiger partial charge in [-0.2, -0.15) is 4.98 Å². The first kappa shape index (κ1) is 7.62. The number of hydrogen-bond acceptors (Lipinski definition) is 4. The summed E-state index contributed by atoms with van der Waals surface area (Å²) >= 11 is 0. The third kappa shape index (κ3) is 1.71. The van der Waals surface area contributed by atoms with Crippen LogP contribution in [0.2, 0.25) is 0 Å². The lowest BCUT2D eigenvalue weighted by atomic mass is 10.4. The van der Waals surface area contributed by atoms with Gasteiger partial charge in [0.25, 0.3) is 0 Å². The summed E-state index contributed by atoms with van der Waals surface area (Å²) in [6.07, 6.45) is 3.31. The van der Waals surface area contributed by atoms with Crippen LogP contribution in [0.3, 0.4) is 0 Å². The molecule has 1 rings (SSSR count). The van der Waals surface area contributed by atoms with Gasteiger partial charge in [-0.05, 0) is 6.08 Å². The summed E-state index contributed by atoms with van der Waals surface area (Å²) in [6, 6.07) is 0. The second kappa shape index (κ2) is 3.07. The Labute approximate surface area is 63.7 Å². The van der Waals surface area contributed by atoms with E-state index in [2.05, 4.69) is 9.97 Å². The summed E-state index contributed by atoms with van der Waals surface area (Å²) in [5.74, 6) is 0.0892. The number of aromatic hydroxyl groups is 1. The van der Waals surface area contributed by atoms with Crippen LogP contribution in [0, 0.1) is 0 Å². The summed E-state index contributed by atoms with van der Waals surface area (Å²) < 4.78 is 0. The highest BCUT2D eigenvalue weighted by Crippen LogP contribution is 2.14. The Balaban J connectivity index is 2.85. The number of nitrogens with one attached hydrogen (secondary N) is 1. The van der Waals surface area contributed by atoms with Crippen LogP contribution < -0.4 is 11.5 Å². The molecule has 0 aliphatic carbocycles. The second-order valence-corrected chi connectivity index (χ2v) is 2.00. The van der Waals surface area contributed by atoms with Crippen molar-refractivity contribution >= 4 is 12.0 Å². The number of anilines is 1. The number of nitrogens with zero attached hydrogens (tertiary/aromatic N) is 1. The van der Waals surface area contributed by atoms with Crippen LogP contribution in [0.25, 0.3) is 6.08 Å². The number of aromatic amines is 1. The van der Waals surface area contributed by atoms with E-state index in [1.807, 2.05) is 0 Å². The Bertz CT molecular complexity index is 266. The highest BCUT2D eigenvalue weighted by Gasteiger charge is 2.01. The molecule has 0 radical (unpaired) electrons. The third-order valence-corrected chi connectivity index (χ3v) is 1.15. The molecule has 6 N–H and O–H groups in total. The molecule has 0 saturated carbocycles. The maximum Gasteiger partial charge on any atom is 0.238 e. The topological polar surface area (TPSA) is 101 Å². The van der Waals surface area contributed by atoms with E-state index in [0.29, 0.717) is 12.2 Å². The maximum atomic E-state index is 9.04. The molecular weight excluding hydrogens is 144 g/mol. The molecule has 1 aromatic rings. The average Bonchev–Trinajstić information content (AvgIpc) is 2.26. The van der Waals surface area contributed by atoms with E-state index in [0.717, 1.165) is 0 Å². The first-order valence-corrected chi connectivity index (χ1v) is 3.15. The zero-order valence-corrected chi connectivity index (χ0v) is 5.91. The highest BCUT2D eigenvalue weighted by molar-refractivity contribution is 5.52. The lowest BCUT2D eigenvalue weighted by molar-refractivity contribution is 0.455. The van der Waals surface area contributed by atoms with Crippen molar-refractivity contribution in [3.8, 4) is 5.88 Å².